The molecule has 0 aliphatic carbocycles. The molecule has 1 aliphatic heterocycles. The van der Waals surface area contributed by atoms with Crippen molar-refractivity contribution in [2.24, 2.45) is 11.1 Å². The molecule has 0 bridgehead atoms. The molecule has 2 atom stereocenters. The van der Waals surface area contributed by atoms with Crippen LogP contribution in [-0.2, 0) is 16.0 Å². The van der Waals surface area contributed by atoms with Crippen molar-refractivity contribution in [2.45, 2.75) is 19.4 Å². The quantitative estimate of drug-likeness (QED) is 0.697. The number of carboxylic acid groups (broad SMARTS) is 1. The fourth-order valence-electron chi connectivity index (χ4n) is 1.93. The van der Waals surface area contributed by atoms with Gasteiger partial charge in [-0.15, -0.1) is 11.3 Å². The zero-order chi connectivity index (χ0) is 14.8. The van der Waals surface area contributed by atoms with Crippen molar-refractivity contribution < 1.29 is 19.4 Å². The highest BCUT2D eigenvalue weighted by atomic mass is 32.1. The molecule has 20 heavy (non-hydrogen) atoms. The lowest BCUT2D eigenvalue weighted by atomic mass is 9.85. The van der Waals surface area contributed by atoms with E-state index in [2.05, 4.69) is 10.3 Å². The second kappa shape index (κ2) is 5.86. The second-order valence-electron chi connectivity index (χ2n) is 4.98. The number of carbonyl (C=O) groups excluding carboxylic acids is 1. The molecule has 2 rings (SSSR count). The minimum atomic E-state index is -1.04. The van der Waals surface area contributed by atoms with Crippen molar-refractivity contribution in [3.05, 3.63) is 16.1 Å². The number of carbonyl (C=O) groups is 2. The van der Waals surface area contributed by atoms with E-state index in [-0.39, 0.29) is 17.6 Å². The topological polar surface area (TPSA) is 115 Å². The van der Waals surface area contributed by atoms with Gasteiger partial charge in [0.2, 0.25) is 5.91 Å². The van der Waals surface area contributed by atoms with E-state index >= 15 is 0 Å². The average Bonchev–Trinajstić information content (AvgIpc) is 2.98. The first-order chi connectivity index (χ1) is 9.43. The monoisotopic (exact) mass is 299 g/mol. The zero-order valence-corrected chi connectivity index (χ0v) is 11.9. The molecule has 110 valence electrons. The third kappa shape index (κ3) is 2.97. The largest absolute Gasteiger partial charge is 0.476 e. The van der Waals surface area contributed by atoms with Crippen LogP contribution in [0.1, 0.15) is 22.4 Å². The maximum Gasteiger partial charge on any atom is 0.355 e. The first-order valence-electron chi connectivity index (χ1n) is 6.23. The summed E-state index contributed by atoms with van der Waals surface area (Å²) in [6.07, 6.45) is 0.496. The van der Waals surface area contributed by atoms with Gasteiger partial charge in [-0.1, -0.05) is 0 Å². The Morgan fingerprint density at radius 1 is 1.70 bits per heavy atom. The van der Waals surface area contributed by atoms with E-state index in [1.807, 2.05) is 0 Å². The van der Waals surface area contributed by atoms with Gasteiger partial charge in [-0.05, 0) is 6.92 Å². The van der Waals surface area contributed by atoms with E-state index in [1.54, 1.807) is 6.92 Å². The number of thiazole rings is 1. The number of amides is 1. The number of rotatable bonds is 5. The standard InChI is InChI=1S/C12H17N3O4S/c1-12(6-19-4-8(12)13)11(18)14-3-2-9-15-7(5-20-9)10(16)17/h5,8H,2-4,6,13H2,1H3,(H,14,18)(H,16,17). The molecule has 4 N–H and O–H groups in total. The van der Waals surface area contributed by atoms with E-state index in [0.717, 1.165) is 0 Å². The number of nitrogens with zero attached hydrogens (tertiary/aromatic N) is 1. The zero-order valence-electron chi connectivity index (χ0n) is 11.1. The van der Waals surface area contributed by atoms with Gasteiger partial charge < -0.3 is 20.9 Å². The number of hydrogen-bond donors (Lipinski definition) is 3. The molecule has 1 aromatic heterocycles. The number of ether oxygens (including phenoxy) is 1. The fraction of sp³-hybridized carbons (Fsp3) is 0.583. The molecular formula is C12H17N3O4S. The number of aromatic carboxylic acids is 1. The van der Waals surface area contributed by atoms with Gasteiger partial charge in [0.05, 0.1) is 23.6 Å². The summed E-state index contributed by atoms with van der Waals surface area (Å²) in [4.78, 5) is 26.7. The van der Waals surface area contributed by atoms with Crippen molar-refractivity contribution >= 4 is 23.2 Å². The Kier molecular flexibility index (Phi) is 4.36. The lowest BCUT2D eigenvalue weighted by Crippen LogP contribution is -2.50. The molecule has 8 heteroatoms. The number of nitrogens with two attached hydrogens (primary N) is 1. The summed E-state index contributed by atoms with van der Waals surface area (Å²) in [5, 5.41) is 13.7. The molecule has 1 aromatic rings. The summed E-state index contributed by atoms with van der Waals surface area (Å²) >= 11 is 1.27. The number of nitrogens with one attached hydrogen (secondary N) is 1. The molecule has 1 saturated heterocycles. The summed E-state index contributed by atoms with van der Waals surface area (Å²) in [6.45, 7) is 2.89. The molecule has 1 aliphatic rings. The highest BCUT2D eigenvalue weighted by Gasteiger charge is 2.44. The van der Waals surface area contributed by atoms with Crippen LogP contribution in [0.4, 0.5) is 0 Å². The summed E-state index contributed by atoms with van der Waals surface area (Å²) in [5.41, 5.74) is 5.21. The van der Waals surface area contributed by atoms with Crippen LogP contribution in [-0.4, -0.2) is 47.8 Å². The average molecular weight is 299 g/mol. The SMILES string of the molecule is CC1(C(=O)NCCc2nc(C(=O)O)cs2)COCC1N. The molecule has 0 aromatic carbocycles. The highest BCUT2D eigenvalue weighted by molar-refractivity contribution is 7.09. The van der Waals surface area contributed by atoms with E-state index in [1.165, 1.54) is 16.7 Å². The Hall–Kier alpha value is -1.51. The van der Waals surface area contributed by atoms with Gasteiger partial charge >= 0.3 is 5.97 Å². The Morgan fingerprint density at radius 3 is 3.00 bits per heavy atom. The third-order valence-corrected chi connectivity index (χ3v) is 4.34. The van der Waals surface area contributed by atoms with Crippen molar-refractivity contribution in [1.82, 2.24) is 10.3 Å². The smallest absolute Gasteiger partial charge is 0.355 e. The summed E-state index contributed by atoms with van der Waals surface area (Å²) in [7, 11) is 0. The summed E-state index contributed by atoms with van der Waals surface area (Å²) < 4.78 is 5.23. The van der Waals surface area contributed by atoms with Gasteiger partial charge in [-0.25, -0.2) is 9.78 Å². The molecule has 0 saturated carbocycles. The van der Waals surface area contributed by atoms with Gasteiger partial charge in [-0.2, -0.15) is 0 Å². The summed E-state index contributed by atoms with van der Waals surface area (Å²) in [5.74, 6) is -1.18. The third-order valence-electron chi connectivity index (χ3n) is 3.43. The van der Waals surface area contributed by atoms with Crippen LogP contribution in [0.25, 0.3) is 0 Å². The number of hydrogen-bond acceptors (Lipinski definition) is 6. The van der Waals surface area contributed by atoms with Crippen LogP contribution >= 0.6 is 11.3 Å². The maximum atomic E-state index is 12.1. The van der Waals surface area contributed by atoms with E-state index in [9.17, 15) is 9.59 Å². The Labute approximate surface area is 120 Å². The van der Waals surface area contributed by atoms with Crippen molar-refractivity contribution in [3.8, 4) is 0 Å². The lowest BCUT2D eigenvalue weighted by molar-refractivity contribution is -0.130. The fourth-order valence-corrected chi connectivity index (χ4v) is 2.70. The number of aromatic nitrogens is 1. The van der Waals surface area contributed by atoms with Crippen LogP contribution in [0.2, 0.25) is 0 Å². The molecule has 0 radical (unpaired) electrons. The van der Waals surface area contributed by atoms with Crippen molar-refractivity contribution in [1.29, 1.82) is 0 Å². The molecule has 2 unspecified atom stereocenters. The predicted octanol–water partition coefficient (Wildman–Crippen LogP) is -0.136. The van der Waals surface area contributed by atoms with Crippen molar-refractivity contribution in [2.75, 3.05) is 19.8 Å². The van der Waals surface area contributed by atoms with E-state index in [0.29, 0.717) is 31.2 Å². The van der Waals surface area contributed by atoms with Gasteiger partial charge in [0.1, 0.15) is 0 Å². The Balaban J connectivity index is 1.83. The van der Waals surface area contributed by atoms with Crippen molar-refractivity contribution in [3.63, 3.8) is 0 Å². The van der Waals surface area contributed by atoms with Gasteiger partial charge in [0.25, 0.3) is 0 Å². The molecule has 0 spiro atoms. The number of carboxylic acids is 1. The lowest BCUT2D eigenvalue weighted by Gasteiger charge is -2.25. The summed E-state index contributed by atoms with van der Waals surface area (Å²) in [6, 6.07) is -0.305. The minimum Gasteiger partial charge on any atom is -0.476 e. The van der Waals surface area contributed by atoms with Crippen LogP contribution < -0.4 is 11.1 Å². The Bertz CT molecular complexity index is 519. The van der Waals surface area contributed by atoms with Gasteiger partial charge in [-0.3, -0.25) is 4.79 Å². The highest BCUT2D eigenvalue weighted by Crippen LogP contribution is 2.27. The molecule has 7 nitrogen and oxygen atoms in total. The maximum absolute atomic E-state index is 12.1. The molecule has 1 fully saturated rings. The second-order valence-corrected chi connectivity index (χ2v) is 5.92. The molecular weight excluding hydrogens is 282 g/mol. The molecule has 2 heterocycles. The van der Waals surface area contributed by atoms with E-state index < -0.39 is 11.4 Å². The molecule has 1 amide bonds. The van der Waals surface area contributed by atoms with Gasteiger partial charge in [0.15, 0.2) is 5.69 Å². The van der Waals surface area contributed by atoms with Crippen LogP contribution in [0.15, 0.2) is 5.38 Å². The van der Waals surface area contributed by atoms with Crippen LogP contribution in [0, 0.1) is 5.41 Å². The first kappa shape index (κ1) is 14.9. The Morgan fingerprint density at radius 2 is 2.45 bits per heavy atom. The first-order valence-corrected chi connectivity index (χ1v) is 7.11. The van der Waals surface area contributed by atoms with Crippen LogP contribution in [0.5, 0.6) is 0 Å². The normalized spacial score (nSPS) is 25.6. The van der Waals surface area contributed by atoms with E-state index in [4.69, 9.17) is 15.6 Å². The van der Waals surface area contributed by atoms with Crippen LogP contribution in [0.3, 0.4) is 0 Å². The van der Waals surface area contributed by atoms with Gasteiger partial charge in [0, 0.05) is 24.4 Å². The predicted molar refractivity (Wildman–Crippen MR) is 72.7 cm³/mol. The minimum absolute atomic E-state index is 0.0366.